The quantitative estimate of drug-likeness (QED) is 0.351. The summed E-state index contributed by atoms with van der Waals surface area (Å²) in [6.07, 6.45) is 0.660. The lowest BCUT2D eigenvalue weighted by Gasteiger charge is -2.29. The highest BCUT2D eigenvalue weighted by Gasteiger charge is 2.45. The molecular formula is C27H31FN2O5. The number of morpholine rings is 1. The van der Waals surface area contributed by atoms with Crippen molar-refractivity contribution >= 4 is 17.4 Å². The molecule has 1 atom stereocenters. The summed E-state index contributed by atoms with van der Waals surface area (Å²) >= 11 is 0. The molecule has 1 amide bonds. The van der Waals surface area contributed by atoms with Crippen LogP contribution in [0.2, 0.25) is 0 Å². The monoisotopic (exact) mass is 482 g/mol. The normalized spacial score (nSPS) is 20.4. The van der Waals surface area contributed by atoms with Crippen LogP contribution in [0.25, 0.3) is 5.76 Å². The first-order chi connectivity index (χ1) is 16.9. The third kappa shape index (κ3) is 5.39. The van der Waals surface area contributed by atoms with Gasteiger partial charge in [0.25, 0.3) is 11.7 Å². The molecule has 35 heavy (non-hydrogen) atoms. The Labute approximate surface area is 204 Å². The van der Waals surface area contributed by atoms with Gasteiger partial charge in [0.2, 0.25) is 0 Å². The molecule has 2 heterocycles. The number of rotatable bonds is 8. The summed E-state index contributed by atoms with van der Waals surface area (Å²) in [4.78, 5) is 30.0. The number of likely N-dealkylation sites (tertiary alicyclic amines) is 1. The summed E-state index contributed by atoms with van der Waals surface area (Å²) in [5, 5.41) is 11.2. The molecule has 0 aromatic heterocycles. The zero-order chi connectivity index (χ0) is 24.9. The number of Topliss-reactive ketones (excluding diaryl/α,β-unsaturated/α-hetero) is 1. The number of carbonyl (C=O) groups is 2. The molecule has 2 aromatic rings. The zero-order valence-electron chi connectivity index (χ0n) is 20.1. The SMILES string of the molecule is CCOc1ccc(/C(O)=C2\C(=O)C(=O)N(CCCN3CCOCC3)C2c2ccc(F)cc2)cc1C. The van der Waals surface area contributed by atoms with Gasteiger partial charge in [-0.15, -0.1) is 0 Å². The van der Waals surface area contributed by atoms with E-state index in [1.165, 1.54) is 17.0 Å². The molecule has 8 heteroatoms. The Bertz CT molecular complexity index is 1110. The number of aliphatic hydroxyl groups is 1. The fourth-order valence-electron chi connectivity index (χ4n) is 4.66. The standard InChI is InChI=1S/C27H31FN2O5/c1-3-35-22-10-7-20(17-18(22)2)25(31)23-24(19-5-8-21(28)9-6-19)30(27(33)26(23)32)12-4-11-29-13-15-34-16-14-29/h5-10,17,24,31H,3-4,11-16H2,1-2H3/b25-23+. The number of aliphatic hydroxyl groups excluding tert-OH is 1. The molecule has 2 aliphatic heterocycles. The van der Waals surface area contributed by atoms with Crippen LogP contribution in [0.5, 0.6) is 5.75 Å². The Balaban J connectivity index is 1.67. The minimum absolute atomic E-state index is 0.0107. The molecule has 1 unspecified atom stereocenters. The molecular weight excluding hydrogens is 451 g/mol. The highest BCUT2D eigenvalue weighted by Crippen LogP contribution is 2.40. The highest BCUT2D eigenvalue weighted by atomic mass is 19.1. The third-order valence-corrected chi connectivity index (χ3v) is 6.45. The maximum absolute atomic E-state index is 13.7. The van der Waals surface area contributed by atoms with E-state index in [0.29, 0.717) is 49.7 Å². The number of carbonyl (C=O) groups excluding carboxylic acids is 2. The van der Waals surface area contributed by atoms with E-state index in [1.807, 2.05) is 13.8 Å². The van der Waals surface area contributed by atoms with Crippen molar-refractivity contribution in [1.82, 2.24) is 9.80 Å². The van der Waals surface area contributed by atoms with Crippen LogP contribution in [0.3, 0.4) is 0 Å². The van der Waals surface area contributed by atoms with Crippen molar-refractivity contribution in [2.75, 3.05) is 46.0 Å². The Morgan fingerprint density at radius 3 is 2.49 bits per heavy atom. The minimum Gasteiger partial charge on any atom is -0.507 e. The smallest absolute Gasteiger partial charge is 0.295 e. The van der Waals surface area contributed by atoms with Gasteiger partial charge in [0, 0.05) is 31.7 Å². The predicted octanol–water partition coefficient (Wildman–Crippen LogP) is 3.68. The van der Waals surface area contributed by atoms with Gasteiger partial charge < -0.3 is 19.5 Å². The van der Waals surface area contributed by atoms with Crippen LogP contribution in [0.1, 0.15) is 36.1 Å². The van der Waals surface area contributed by atoms with Gasteiger partial charge in [0.1, 0.15) is 17.3 Å². The molecule has 2 aromatic carbocycles. The fraction of sp³-hybridized carbons (Fsp3) is 0.407. The van der Waals surface area contributed by atoms with Crippen molar-refractivity contribution in [3.63, 3.8) is 0 Å². The Hall–Kier alpha value is -3.23. The van der Waals surface area contributed by atoms with Crippen LogP contribution in [-0.4, -0.2) is 72.6 Å². The van der Waals surface area contributed by atoms with Crippen molar-refractivity contribution in [2.24, 2.45) is 0 Å². The van der Waals surface area contributed by atoms with Crippen LogP contribution >= 0.6 is 0 Å². The van der Waals surface area contributed by atoms with Gasteiger partial charge >= 0.3 is 0 Å². The number of amides is 1. The molecule has 2 fully saturated rings. The average molecular weight is 483 g/mol. The van der Waals surface area contributed by atoms with Gasteiger partial charge in [0.05, 0.1) is 31.4 Å². The van der Waals surface area contributed by atoms with Crippen LogP contribution in [0, 0.1) is 12.7 Å². The largest absolute Gasteiger partial charge is 0.507 e. The van der Waals surface area contributed by atoms with Gasteiger partial charge in [-0.25, -0.2) is 4.39 Å². The maximum atomic E-state index is 13.7. The van der Waals surface area contributed by atoms with E-state index in [1.54, 1.807) is 30.3 Å². The summed E-state index contributed by atoms with van der Waals surface area (Å²) in [6.45, 7) is 8.37. The first kappa shape index (κ1) is 24.9. The van der Waals surface area contributed by atoms with Gasteiger partial charge in [0.15, 0.2) is 0 Å². The molecule has 0 bridgehead atoms. The fourth-order valence-corrected chi connectivity index (χ4v) is 4.66. The summed E-state index contributed by atoms with van der Waals surface area (Å²) < 4.78 is 24.6. The molecule has 7 nitrogen and oxygen atoms in total. The van der Waals surface area contributed by atoms with Crippen molar-refractivity contribution < 1.29 is 28.6 Å². The van der Waals surface area contributed by atoms with Crippen LogP contribution in [0.15, 0.2) is 48.0 Å². The molecule has 1 N–H and O–H groups in total. The minimum atomic E-state index is -0.799. The molecule has 2 saturated heterocycles. The molecule has 0 saturated carbocycles. The van der Waals surface area contributed by atoms with Gasteiger partial charge in [-0.3, -0.25) is 14.5 Å². The number of aryl methyl sites for hydroxylation is 1. The third-order valence-electron chi connectivity index (χ3n) is 6.45. The van der Waals surface area contributed by atoms with Crippen molar-refractivity contribution in [1.29, 1.82) is 0 Å². The maximum Gasteiger partial charge on any atom is 0.295 e. The lowest BCUT2D eigenvalue weighted by molar-refractivity contribution is -0.140. The van der Waals surface area contributed by atoms with E-state index >= 15 is 0 Å². The summed E-state index contributed by atoms with van der Waals surface area (Å²) in [5.74, 6) is -1.39. The first-order valence-corrected chi connectivity index (χ1v) is 12.0. The molecule has 2 aliphatic rings. The van der Waals surface area contributed by atoms with Crippen molar-refractivity contribution in [2.45, 2.75) is 26.3 Å². The topological polar surface area (TPSA) is 79.3 Å². The summed E-state index contributed by atoms with van der Waals surface area (Å²) in [6, 6.07) is 10.0. The second-order valence-electron chi connectivity index (χ2n) is 8.76. The Morgan fingerprint density at radius 1 is 1.11 bits per heavy atom. The average Bonchev–Trinajstić information content (AvgIpc) is 3.11. The van der Waals surface area contributed by atoms with Gasteiger partial charge in [-0.2, -0.15) is 0 Å². The lowest BCUT2D eigenvalue weighted by Crippen LogP contribution is -2.38. The van der Waals surface area contributed by atoms with E-state index in [0.717, 1.165) is 25.2 Å². The van der Waals surface area contributed by atoms with Gasteiger partial charge in [-0.05, 0) is 61.7 Å². The van der Waals surface area contributed by atoms with Crippen LogP contribution in [0.4, 0.5) is 4.39 Å². The molecule has 4 rings (SSSR count). The molecule has 0 aliphatic carbocycles. The number of ether oxygens (including phenoxy) is 2. The molecule has 0 spiro atoms. The second kappa shape index (κ2) is 11.0. The van der Waals surface area contributed by atoms with E-state index in [-0.39, 0.29) is 11.3 Å². The Kier molecular flexibility index (Phi) is 7.83. The van der Waals surface area contributed by atoms with Crippen molar-refractivity contribution in [3.8, 4) is 5.75 Å². The van der Waals surface area contributed by atoms with Gasteiger partial charge in [-0.1, -0.05) is 12.1 Å². The summed E-state index contributed by atoms with van der Waals surface area (Å²) in [7, 11) is 0. The Morgan fingerprint density at radius 2 is 1.83 bits per heavy atom. The number of ketones is 1. The van der Waals surface area contributed by atoms with E-state index < -0.39 is 23.5 Å². The zero-order valence-corrected chi connectivity index (χ0v) is 20.1. The molecule has 186 valence electrons. The number of hydrogen-bond donors (Lipinski definition) is 1. The predicted molar refractivity (Wildman–Crippen MR) is 130 cm³/mol. The number of halogens is 1. The number of nitrogens with zero attached hydrogens (tertiary/aromatic N) is 2. The second-order valence-corrected chi connectivity index (χ2v) is 8.76. The van der Waals surface area contributed by atoms with Crippen molar-refractivity contribution in [3.05, 3.63) is 70.5 Å². The van der Waals surface area contributed by atoms with Crippen LogP contribution < -0.4 is 4.74 Å². The highest BCUT2D eigenvalue weighted by molar-refractivity contribution is 6.46. The molecule has 0 radical (unpaired) electrons. The van der Waals surface area contributed by atoms with E-state index in [4.69, 9.17) is 9.47 Å². The summed E-state index contributed by atoms with van der Waals surface area (Å²) in [5.41, 5.74) is 1.80. The number of hydrogen-bond acceptors (Lipinski definition) is 6. The first-order valence-electron chi connectivity index (χ1n) is 12.0. The van der Waals surface area contributed by atoms with Crippen LogP contribution in [-0.2, 0) is 14.3 Å². The van der Waals surface area contributed by atoms with E-state index in [9.17, 15) is 19.1 Å². The van der Waals surface area contributed by atoms with E-state index in [2.05, 4.69) is 4.90 Å². The lowest BCUT2D eigenvalue weighted by atomic mass is 9.94. The number of benzene rings is 2.